The molecule has 17 heavy (non-hydrogen) atoms. The Bertz CT molecular complexity index is 279. The van der Waals surface area contributed by atoms with Crippen LogP contribution in [0.2, 0.25) is 0 Å². The highest BCUT2D eigenvalue weighted by Crippen LogP contribution is 2.23. The van der Waals surface area contributed by atoms with Crippen molar-refractivity contribution in [2.45, 2.75) is 25.4 Å². The van der Waals surface area contributed by atoms with Gasteiger partial charge in [-0.05, 0) is 27.9 Å². The molecule has 0 aromatic carbocycles. The SMILES string of the molecule is CN(C)CCN1CC(C)(C)N(C)C(=O)C1CO. The first-order chi connectivity index (χ1) is 7.79. The van der Waals surface area contributed by atoms with Crippen LogP contribution in [-0.4, -0.2) is 84.7 Å². The molecule has 100 valence electrons. The molecular formula is C12H25N3O2. The summed E-state index contributed by atoms with van der Waals surface area (Å²) in [5.74, 6) is 0.0162. The predicted molar refractivity (Wildman–Crippen MR) is 67.8 cm³/mol. The second-order valence-electron chi connectivity index (χ2n) is 5.68. The molecule has 0 aliphatic carbocycles. The molecule has 0 aromatic heterocycles. The van der Waals surface area contributed by atoms with Crippen LogP contribution in [0.3, 0.4) is 0 Å². The van der Waals surface area contributed by atoms with Gasteiger partial charge in [-0.3, -0.25) is 9.69 Å². The fourth-order valence-corrected chi connectivity index (χ4v) is 2.15. The molecule has 5 nitrogen and oxygen atoms in total. The van der Waals surface area contributed by atoms with Crippen molar-refractivity contribution < 1.29 is 9.90 Å². The molecule has 1 heterocycles. The van der Waals surface area contributed by atoms with E-state index < -0.39 is 0 Å². The first kappa shape index (κ1) is 14.4. The number of nitrogens with zero attached hydrogens (tertiary/aromatic N) is 3. The van der Waals surface area contributed by atoms with Gasteiger partial charge in [0.05, 0.1) is 6.61 Å². The number of piperazine rings is 1. The number of hydrogen-bond acceptors (Lipinski definition) is 4. The van der Waals surface area contributed by atoms with E-state index in [2.05, 4.69) is 23.6 Å². The second-order valence-corrected chi connectivity index (χ2v) is 5.68. The van der Waals surface area contributed by atoms with E-state index >= 15 is 0 Å². The third-order valence-electron chi connectivity index (χ3n) is 3.56. The highest BCUT2D eigenvalue weighted by molar-refractivity contribution is 5.83. The van der Waals surface area contributed by atoms with Gasteiger partial charge in [-0.2, -0.15) is 0 Å². The number of carbonyl (C=O) groups excluding carboxylic acids is 1. The normalized spacial score (nSPS) is 25.7. The minimum absolute atomic E-state index is 0.0162. The second kappa shape index (κ2) is 5.33. The molecule has 5 heteroatoms. The van der Waals surface area contributed by atoms with Crippen molar-refractivity contribution in [3.05, 3.63) is 0 Å². The fourth-order valence-electron chi connectivity index (χ4n) is 2.15. The molecule has 0 radical (unpaired) electrons. The van der Waals surface area contributed by atoms with Crippen LogP contribution in [-0.2, 0) is 4.79 Å². The van der Waals surface area contributed by atoms with Crippen LogP contribution >= 0.6 is 0 Å². The van der Waals surface area contributed by atoms with Crippen LogP contribution in [0.1, 0.15) is 13.8 Å². The van der Waals surface area contributed by atoms with Gasteiger partial charge in [0.1, 0.15) is 6.04 Å². The van der Waals surface area contributed by atoms with Gasteiger partial charge in [-0.25, -0.2) is 0 Å². The van der Waals surface area contributed by atoms with Crippen LogP contribution in [0.25, 0.3) is 0 Å². The topological polar surface area (TPSA) is 47.0 Å². The van der Waals surface area contributed by atoms with Crippen molar-refractivity contribution >= 4 is 5.91 Å². The average Bonchev–Trinajstić information content (AvgIpc) is 2.23. The zero-order valence-electron chi connectivity index (χ0n) is 11.6. The summed E-state index contributed by atoms with van der Waals surface area (Å²) in [5.41, 5.74) is -0.172. The molecule has 0 aromatic rings. The molecule has 1 fully saturated rings. The van der Waals surface area contributed by atoms with E-state index in [1.165, 1.54) is 0 Å². The molecule has 1 aliphatic heterocycles. The molecule has 1 rings (SSSR count). The highest BCUT2D eigenvalue weighted by Gasteiger charge is 2.42. The molecule has 0 saturated carbocycles. The molecule has 1 atom stereocenters. The Morgan fingerprint density at radius 2 is 2.06 bits per heavy atom. The summed E-state index contributed by atoms with van der Waals surface area (Å²) < 4.78 is 0. The molecular weight excluding hydrogens is 218 g/mol. The maximum Gasteiger partial charge on any atom is 0.242 e. The van der Waals surface area contributed by atoms with Crippen LogP contribution in [0.15, 0.2) is 0 Å². The van der Waals surface area contributed by atoms with E-state index in [1.54, 1.807) is 4.90 Å². The van der Waals surface area contributed by atoms with E-state index in [0.717, 1.165) is 19.6 Å². The molecule has 1 aliphatic rings. The van der Waals surface area contributed by atoms with Crippen molar-refractivity contribution in [3.8, 4) is 0 Å². The largest absolute Gasteiger partial charge is 0.394 e. The Labute approximate surface area is 104 Å². The maximum absolute atomic E-state index is 12.1. The number of hydrogen-bond donors (Lipinski definition) is 1. The van der Waals surface area contributed by atoms with Gasteiger partial charge in [0.15, 0.2) is 0 Å². The van der Waals surface area contributed by atoms with E-state index in [4.69, 9.17) is 0 Å². The number of carbonyl (C=O) groups is 1. The summed E-state index contributed by atoms with van der Waals surface area (Å²) in [6, 6.07) is -0.382. The molecule has 0 bridgehead atoms. The Hall–Kier alpha value is -0.650. The van der Waals surface area contributed by atoms with Gasteiger partial charge in [0, 0.05) is 32.2 Å². The highest BCUT2D eigenvalue weighted by atomic mass is 16.3. The summed E-state index contributed by atoms with van der Waals surface area (Å²) in [7, 11) is 5.84. The maximum atomic E-state index is 12.1. The summed E-state index contributed by atoms with van der Waals surface area (Å²) in [4.78, 5) is 18.1. The number of aliphatic hydroxyl groups excluding tert-OH is 1. The Morgan fingerprint density at radius 3 is 2.53 bits per heavy atom. The summed E-state index contributed by atoms with van der Waals surface area (Å²) in [6.07, 6.45) is 0. The van der Waals surface area contributed by atoms with Crippen molar-refractivity contribution in [1.29, 1.82) is 0 Å². The Balaban J connectivity index is 2.76. The van der Waals surface area contributed by atoms with Crippen LogP contribution < -0.4 is 0 Å². The van der Waals surface area contributed by atoms with E-state index in [0.29, 0.717) is 0 Å². The first-order valence-corrected chi connectivity index (χ1v) is 6.07. The Kier molecular flexibility index (Phi) is 4.52. The number of rotatable bonds is 4. The minimum Gasteiger partial charge on any atom is -0.394 e. The molecule has 1 unspecified atom stereocenters. The Morgan fingerprint density at radius 1 is 1.47 bits per heavy atom. The zero-order chi connectivity index (χ0) is 13.2. The number of aliphatic hydroxyl groups is 1. The zero-order valence-corrected chi connectivity index (χ0v) is 11.6. The lowest BCUT2D eigenvalue weighted by molar-refractivity contribution is -0.151. The van der Waals surface area contributed by atoms with Crippen molar-refractivity contribution in [3.63, 3.8) is 0 Å². The van der Waals surface area contributed by atoms with Gasteiger partial charge in [0.25, 0.3) is 0 Å². The average molecular weight is 243 g/mol. The standard InChI is InChI=1S/C12H25N3O2/c1-12(2)9-15(7-6-13(3)4)10(8-16)11(17)14(12)5/h10,16H,6-9H2,1-5H3. The molecule has 1 saturated heterocycles. The van der Waals surface area contributed by atoms with E-state index in [1.807, 2.05) is 21.1 Å². The molecule has 0 spiro atoms. The quantitative estimate of drug-likeness (QED) is 0.720. The lowest BCUT2D eigenvalue weighted by Gasteiger charge is -2.48. The lowest BCUT2D eigenvalue weighted by Crippen LogP contribution is -2.66. The van der Waals surface area contributed by atoms with Crippen LogP contribution in [0, 0.1) is 0 Å². The third kappa shape index (κ3) is 3.18. The van der Waals surface area contributed by atoms with Gasteiger partial charge in [-0.1, -0.05) is 0 Å². The van der Waals surface area contributed by atoms with Gasteiger partial charge in [0.2, 0.25) is 5.91 Å². The smallest absolute Gasteiger partial charge is 0.242 e. The molecule has 1 amide bonds. The van der Waals surface area contributed by atoms with Crippen LogP contribution in [0.5, 0.6) is 0 Å². The summed E-state index contributed by atoms with van der Waals surface area (Å²) in [5, 5.41) is 9.38. The van der Waals surface area contributed by atoms with Crippen molar-refractivity contribution in [2.24, 2.45) is 0 Å². The monoisotopic (exact) mass is 243 g/mol. The van der Waals surface area contributed by atoms with E-state index in [9.17, 15) is 9.90 Å². The van der Waals surface area contributed by atoms with Gasteiger partial charge in [-0.15, -0.1) is 0 Å². The summed E-state index contributed by atoms with van der Waals surface area (Å²) in [6.45, 7) is 6.51. The van der Waals surface area contributed by atoms with Crippen LogP contribution in [0.4, 0.5) is 0 Å². The van der Waals surface area contributed by atoms with Crippen molar-refractivity contribution in [2.75, 3.05) is 47.4 Å². The lowest BCUT2D eigenvalue weighted by atomic mass is 9.96. The minimum atomic E-state index is -0.382. The predicted octanol–water partition coefficient (Wildman–Crippen LogP) is -0.538. The number of likely N-dealkylation sites (N-methyl/N-ethyl adjacent to an activating group) is 2. The fraction of sp³-hybridized carbons (Fsp3) is 0.917. The number of amides is 1. The first-order valence-electron chi connectivity index (χ1n) is 6.07. The van der Waals surface area contributed by atoms with Gasteiger partial charge < -0.3 is 14.9 Å². The third-order valence-corrected chi connectivity index (χ3v) is 3.56. The van der Waals surface area contributed by atoms with Gasteiger partial charge >= 0.3 is 0 Å². The molecule has 1 N–H and O–H groups in total. The van der Waals surface area contributed by atoms with Crippen molar-refractivity contribution in [1.82, 2.24) is 14.7 Å². The summed E-state index contributed by atoms with van der Waals surface area (Å²) >= 11 is 0. The van der Waals surface area contributed by atoms with E-state index in [-0.39, 0.29) is 24.1 Å².